The third-order valence-electron chi connectivity index (χ3n) is 2.97. The predicted octanol–water partition coefficient (Wildman–Crippen LogP) is 3.79. The molecule has 0 amide bonds. The van der Waals surface area contributed by atoms with E-state index < -0.39 is 0 Å². The van der Waals surface area contributed by atoms with E-state index in [0.717, 1.165) is 11.1 Å². The van der Waals surface area contributed by atoms with Gasteiger partial charge in [-0.3, -0.25) is 4.57 Å². The molecule has 0 unspecified atom stereocenters. The van der Waals surface area contributed by atoms with Crippen LogP contribution in [0.2, 0.25) is 5.28 Å². The number of benzene rings is 2. The van der Waals surface area contributed by atoms with Crippen LogP contribution in [0.4, 0.5) is 4.39 Å². The zero-order valence-electron chi connectivity index (χ0n) is 10.5. The lowest BCUT2D eigenvalue weighted by atomic mass is 10.2. The summed E-state index contributed by atoms with van der Waals surface area (Å²) >= 11 is 6.08. The van der Waals surface area contributed by atoms with Crippen LogP contribution in [0.5, 0.6) is 0 Å². The molecule has 0 saturated carbocycles. The van der Waals surface area contributed by atoms with Crippen molar-refractivity contribution in [2.24, 2.45) is 0 Å². The summed E-state index contributed by atoms with van der Waals surface area (Å²) in [5, 5.41) is 8.27. The standard InChI is InChI=1S/C15H11ClFN3/c16-15-19-18-14(12-6-2-1-3-7-12)20(15)10-11-5-4-8-13(17)9-11/h1-9H,10H2. The van der Waals surface area contributed by atoms with Gasteiger partial charge in [-0.15, -0.1) is 10.2 Å². The highest BCUT2D eigenvalue weighted by atomic mass is 35.5. The number of aromatic nitrogens is 3. The predicted molar refractivity (Wildman–Crippen MR) is 76.0 cm³/mol. The number of hydrogen-bond donors (Lipinski definition) is 0. The number of nitrogens with zero attached hydrogens (tertiary/aromatic N) is 3. The van der Waals surface area contributed by atoms with Gasteiger partial charge in [0.15, 0.2) is 5.82 Å². The third-order valence-corrected chi connectivity index (χ3v) is 3.25. The van der Waals surface area contributed by atoms with Crippen LogP contribution in [0.1, 0.15) is 5.56 Å². The molecule has 0 fully saturated rings. The molecule has 0 aliphatic rings. The number of halogens is 2. The van der Waals surface area contributed by atoms with Crippen LogP contribution in [0.15, 0.2) is 54.6 Å². The molecular weight excluding hydrogens is 277 g/mol. The fraction of sp³-hybridized carbons (Fsp3) is 0.0667. The quantitative estimate of drug-likeness (QED) is 0.734. The van der Waals surface area contributed by atoms with E-state index in [-0.39, 0.29) is 11.1 Å². The normalized spacial score (nSPS) is 10.7. The van der Waals surface area contributed by atoms with Gasteiger partial charge in [0.05, 0.1) is 6.54 Å². The highest BCUT2D eigenvalue weighted by Crippen LogP contribution is 2.21. The molecular formula is C15H11ClFN3. The Balaban J connectivity index is 2.00. The molecule has 100 valence electrons. The van der Waals surface area contributed by atoms with Gasteiger partial charge >= 0.3 is 0 Å². The Hall–Kier alpha value is -2.20. The Bertz CT molecular complexity index is 725. The molecule has 0 radical (unpaired) electrons. The van der Waals surface area contributed by atoms with Crippen LogP contribution in [0.3, 0.4) is 0 Å². The van der Waals surface area contributed by atoms with Crippen LogP contribution in [0.25, 0.3) is 11.4 Å². The van der Waals surface area contributed by atoms with Crippen molar-refractivity contribution in [1.82, 2.24) is 14.8 Å². The van der Waals surface area contributed by atoms with Gasteiger partial charge in [0, 0.05) is 5.56 Å². The molecule has 2 aromatic carbocycles. The summed E-state index contributed by atoms with van der Waals surface area (Å²) in [5.41, 5.74) is 1.73. The van der Waals surface area contributed by atoms with Crippen LogP contribution < -0.4 is 0 Å². The Labute approximate surface area is 120 Å². The SMILES string of the molecule is Fc1cccc(Cn2c(Cl)nnc2-c2ccccc2)c1. The van der Waals surface area contributed by atoms with E-state index >= 15 is 0 Å². The second-order valence-electron chi connectivity index (χ2n) is 4.37. The molecule has 20 heavy (non-hydrogen) atoms. The van der Waals surface area contributed by atoms with Crippen molar-refractivity contribution in [2.75, 3.05) is 0 Å². The molecule has 0 saturated heterocycles. The van der Waals surface area contributed by atoms with Crippen LogP contribution in [0, 0.1) is 5.82 Å². The van der Waals surface area contributed by atoms with E-state index in [9.17, 15) is 4.39 Å². The average molecular weight is 288 g/mol. The molecule has 0 bridgehead atoms. The minimum atomic E-state index is -0.270. The molecule has 0 atom stereocenters. The van der Waals surface area contributed by atoms with Crippen LogP contribution >= 0.6 is 11.6 Å². The molecule has 3 rings (SSSR count). The van der Waals surface area contributed by atoms with Crippen molar-refractivity contribution in [2.45, 2.75) is 6.54 Å². The summed E-state index contributed by atoms with van der Waals surface area (Å²) in [6.07, 6.45) is 0. The fourth-order valence-electron chi connectivity index (χ4n) is 2.04. The van der Waals surface area contributed by atoms with Gasteiger partial charge in [0.25, 0.3) is 0 Å². The molecule has 1 aromatic heterocycles. The van der Waals surface area contributed by atoms with E-state index in [4.69, 9.17) is 11.6 Å². The van der Waals surface area contributed by atoms with Crippen molar-refractivity contribution in [1.29, 1.82) is 0 Å². The monoisotopic (exact) mass is 287 g/mol. The second kappa shape index (κ2) is 5.43. The Morgan fingerprint density at radius 3 is 2.55 bits per heavy atom. The van der Waals surface area contributed by atoms with Crippen molar-refractivity contribution in [3.63, 3.8) is 0 Å². The minimum absolute atomic E-state index is 0.270. The topological polar surface area (TPSA) is 30.7 Å². The van der Waals surface area contributed by atoms with Crippen molar-refractivity contribution >= 4 is 11.6 Å². The molecule has 1 heterocycles. The fourth-order valence-corrected chi connectivity index (χ4v) is 2.22. The molecule has 3 nitrogen and oxygen atoms in total. The Morgan fingerprint density at radius 2 is 1.80 bits per heavy atom. The lowest BCUT2D eigenvalue weighted by molar-refractivity contribution is 0.623. The lowest BCUT2D eigenvalue weighted by Gasteiger charge is -2.08. The van der Waals surface area contributed by atoms with Gasteiger partial charge in [-0.2, -0.15) is 0 Å². The molecule has 3 aromatic rings. The van der Waals surface area contributed by atoms with Crippen molar-refractivity contribution in [3.05, 3.63) is 71.3 Å². The van der Waals surface area contributed by atoms with Crippen molar-refractivity contribution < 1.29 is 4.39 Å². The number of hydrogen-bond acceptors (Lipinski definition) is 2. The smallest absolute Gasteiger partial charge is 0.225 e. The van der Waals surface area contributed by atoms with Crippen LogP contribution in [-0.4, -0.2) is 14.8 Å². The lowest BCUT2D eigenvalue weighted by Crippen LogP contribution is -2.02. The van der Waals surface area contributed by atoms with Gasteiger partial charge in [-0.25, -0.2) is 4.39 Å². The first-order valence-corrected chi connectivity index (χ1v) is 6.50. The maximum absolute atomic E-state index is 13.2. The Kier molecular flexibility index (Phi) is 3.48. The summed E-state index contributed by atoms with van der Waals surface area (Å²) in [6, 6.07) is 16.0. The average Bonchev–Trinajstić information content (AvgIpc) is 2.81. The van der Waals surface area contributed by atoms with Gasteiger partial charge in [-0.05, 0) is 29.3 Å². The summed E-state index contributed by atoms with van der Waals surface area (Å²) in [7, 11) is 0. The molecule has 0 N–H and O–H groups in total. The summed E-state index contributed by atoms with van der Waals surface area (Å²) in [6.45, 7) is 0.424. The molecule has 0 aliphatic heterocycles. The first-order chi connectivity index (χ1) is 9.74. The largest absolute Gasteiger partial charge is 0.293 e. The van der Waals surface area contributed by atoms with E-state index in [1.165, 1.54) is 12.1 Å². The van der Waals surface area contributed by atoms with Crippen LogP contribution in [-0.2, 0) is 6.54 Å². The molecule has 5 heteroatoms. The molecule has 0 aliphatic carbocycles. The summed E-state index contributed by atoms with van der Waals surface area (Å²) in [4.78, 5) is 0. The minimum Gasteiger partial charge on any atom is -0.293 e. The van der Waals surface area contributed by atoms with Gasteiger partial charge in [0.2, 0.25) is 5.28 Å². The summed E-state index contributed by atoms with van der Waals surface area (Å²) < 4.78 is 15.0. The molecule has 0 spiro atoms. The maximum Gasteiger partial charge on any atom is 0.225 e. The van der Waals surface area contributed by atoms with E-state index in [0.29, 0.717) is 12.4 Å². The Morgan fingerprint density at radius 1 is 1.00 bits per heavy atom. The highest BCUT2D eigenvalue weighted by molar-refractivity contribution is 6.28. The second-order valence-corrected chi connectivity index (χ2v) is 4.71. The summed E-state index contributed by atoms with van der Waals surface area (Å²) in [5.74, 6) is 0.396. The van der Waals surface area contributed by atoms with Crippen molar-refractivity contribution in [3.8, 4) is 11.4 Å². The van der Waals surface area contributed by atoms with Gasteiger partial charge < -0.3 is 0 Å². The number of rotatable bonds is 3. The zero-order valence-corrected chi connectivity index (χ0v) is 11.3. The van der Waals surface area contributed by atoms with Gasteiger partial charge in [0.1, 0.15) is 5.82 Å². The van der Waals surface area contributed by atoms with Gasteiger partial charge in [-0.1, -0.05) is 42.5 Å². The van der Waals surface area contributed by atoms with E-state index in [1.54, 1.807) is 10.6 Å². The van der Waals surface area contributed by atoms with E-state index in [2.05, 4.69) is 10.2 Å². The van der Waals surface area contributed by atoms with E-state index in [1.807, 2.05) is 36.4 Å². The first-order valence-electron chi connectivity index (χ1n) is 6.12. The highest BCUT2D eigenvalue weighted by Gasteiger charge is 2.12. The maximum atomic E-state index is 13.2. The zero-order chi connectivity index (χ0) is 13.9. The first kappa shape index (κ1) is 12.8. The third kappa shape index (κ3) is 2.56.